The molecule has 0 atom stereocenters. The SMILES string of the molecule is F[N+](F)(F)F.F[N+](F)(F)F. The van der Waals surface area contributed by atoms with Gasteiger partial charge in [-0.15, -0.1) is 0 Å². The molecule has 2 nitrogen and oxygen atoms in total. The summed E-state index contributed by atoms with van der Waals surface area (Å²) < 4.78 is 77.0. The van der Waals surface area contributed by atoms with Crippen LogP contribution in [0.4, 0.5) is 35.9 Å². The number of hydrogen-bond donors (Lipinski definition) is 0. The van der Waals surface area contributed by atoms with Gasteiger partial charge in [-0.2, -0.15) is 0 Å². The predicted molar refractivity (Wildman–Crippen MR) is 9.38 cm³/mol. The third-order valence-electron chi connectivity index (χ3n) is 0. The van der Waals surface area contributed by atoms with Crippen molar-refractivity contribution >= 4 is 0 Å². The minimum atomic E-state index is -5.00. The Kier molecular flexibility index (Phi) is 4.24. The van der Waals surface area contributed by atoms with E-state index in [1.165, 1.54) is 0 Å². The minimum absolute atomic E-state index is 5.00. The largest absolute Gasteiger partial charge is 0.440 e. The van der Waals surface area contributed by atoms with E-state index in [2.05, 4.69) is 0 Å². The van der Waals surface area contributed by atoms with Crippen LogP contribution in [0.1, 0.15) is 0 Å². The van der Waals surface area contributed by atoms with Crippen molar-refractivity contribution in [1.82, 2.24) is 0 Å². The van der Waals surface area contributed by atoms with Gasteiger partial charge in [0.05, 0.1) is 0 Å². The molecule has 0 radical (unpaired) electrons. The fourth-order valence-corrected chi connectivity index (χ4v) is 0. The maximum atomic E-state index is 9.62. The summed E-state index contributed by atoms with van der Waals surface area (Å²) in [5.74, 6) is 0. The molecule has 0 spiro atoms. The Labute approximate surface area is 48.1 Å². The quantitative estimate of drug-likeness (QED) is 0.397. The van der Waals surface area contributed by atoms with Crippen molar-refractivity contribution in [3.05, 3.63) is 0 Å². The molecule has 0 amide bonds. The Morgan fingerprint density at radius 2 is 0.400 bits per heavy atom. The maximum Gasteiger partial charge on any atom is 0.440 e. The van der Waals surface area contributed by atoms with E-state index in [1.54, 1.807) is 0 Å². The highest BCUT2D eigenvalue weighted by molar-refractivity contribution is 2.74. The molecule has 0 heterocycles. The Balaban J connectivity index is 0. The molecule has 10 heavy (non-hydrogen) atoms. The van der Waals surface area contributed by atoms with Crippen LogP contribution in [0.15, 0.2) is 0 Å². The van der Waals surface area contributed by atoms with Gasteiger partial charge in [0.25, 0.3) is 0 Å². The van der Waals surface area contributed by atoms with Crippen LogP contribution in [0.2, 0.25) is 0 Å². The van der Waals surface area contributed by atoms with Gasteiger partial charge in [-0.25, -0.2) is 0 Å². The van der Waals surface area contributed by atoms with Crippen LogP contribution in [-0.4, -0.2) is 10.7 Å². The topological polar surface area (TPSA) is 0 Å². The highest BCUT2D eigenvalue weighted by atomic mass is 19.7. The van der Waals surface area contributed by atoms with Gasteiger partial charge in [0.2, 0.25) is 0 Å². The van der Waals surface area contributed by atoms with Crippen molar-refractivity contribution in [2.24, 2.45) is 0 Å². The Bertz CT molecular complexity index is 50.2. The summed E-state index contributed by atoms with van der Waals surface area (Å²) >= 11 is 0. The first-order chi connectivity index (χ1) is 4.00. The number of halogens is 8. The van der Waals surface area contributed by atoms with Crippen molar-refractivity contribution in [3.63, 3.8) is 0 Å². The van der Waals surface area contributed by atoms with E-state index < -0.39 is 10.7 Å². The maximum absolute atomic E-state index is 9.62. The van der Waals surface area contributed by atoms with Crippen LogP contribution in [0, 0.1) is 0 Å². The second-order valence-electron chi connectivity index (χ2n) is 0.767. The van der Waals surface area contributed by atoms with E-state index in [1.807, 2.05) is 0 Å². The van der Waals surface area contributed by atoms with Gasteiger partial charge >= 0.3 is 10.7 Å². The Hall–Kier alpha value is -0.640. The van der Waals surface area contributed by atoms with E-state index in [0.717, 1.165) is 0 Å². The van der Waals surface area contributed by atoms with E-state index in [4.69, 9.17) is 0 Å². The molecule has 0 aliphatic carbocycles. The lowest BCUT2D eigenvalue weighted by Gasteiger charge is -1.71. The molecule has 0 saturated heterocycles. The average Bonchev–Trinajstić information content (AvgIpc) is 1.12. The third kappa shape index (κ3) is 727. The second-order valence-corrected chi connectivity index (χ2v) is 0.767. The molecule has 0 aromatic heterocycles. The van der Waals surface area contributed by atoms with Crippen molar-refractivity contribution in [1.29, 1.82) is 0 Å². The first kappa shape index (κ1) is 12.1. The van der Waals surface area contributed by atoms with Crippen LogP contribution in [-0.2, 0) is 0 Å². The van der Waals surface area contributed by atoms with E-state index in [0.29, 0.717) is 0 Å². The number of hydrogen-bond acceptors (Lipinski definition) is 0. The number of rotatable bonds is 0. The van der Waals surface area contributed by atoms with E-state index in [9.17, 15) is 35.9 Å². The highest BCUT2D eigenvalue weighted by Crippen LogP contribution is 2.08. The predicted octanol–water partition coefficient (Wildman–Crippen LogP) is 2.68. The van der Waals surface area contributed by atoms with Crippen molar-refractivity contribution < 1.29 is 46.6 Å². The molecule has 10 heteroatoms. The molecular formula is F8N2+2. The van der Waals surface area contributed by atoms with Gasteiger partial charge in [0.15, 0.2) is 0 Å². The molecular weight excluding hydrogens is 180 g/mol. The minimum Gasteiger partial charge on any atom is 0.140 e. The molecule has 0 aliphatic heterocycles. The van der Waals surface area contributed by atoms with Gasteiger partial charge in [-0.05, 0) is 0 Å². The molecule has 0 saturated carbocycles. The van der Waals surface area contributed by atoms with Crippen LogP contribution in [0.3, 0.4) is 0 Å². The summed E-state index contributed by atoms with van der Waals surface area (Å²) in [4.78, 5) is 0. The Morgan fingerprint density at radius 3 is 0.400 bits per heavy atom. The van der Waals surface area contributed by atoms with Crippen molar-refractivity contribution in [2.45, 2.75) is 0 Å². The summed E-state index contributed by atoms with van der Waals surface area (Å²) in [6, 6.07) is 0. The zero-order valence-electron chi connectivity index (χ0n) is 3.92. The summed E-state index contributed by atoms with van der Waals surface area (Å²) in [6.45, 7) is 0. The monoisotopic (exact) mass is 180 g/mol. The van der Waals surface area contributed by atoms with Crippen LogP contribution >= 0.6 is 0 Å². The molecule has 0 aromatic rings. The molecule has 0 fully saturated rings. The molecule has 0 rings (SSSR count). The standard InChI is InChI=1S/2F4N/c2*1-5(2,3)4/q2*+1. The summed E-state index contributed by atoms with van der Waals surface area (Å²) in [5, 5.41) is -10.0. The van der Waals surface area contributed by atoms with Gasteiger partial charge < -0.3 is 0 Å². The van der Waals surface area contributed by atoms with Gasteiger partial charge in [0.1, 0.15) is 35.9 Å². The van der Waals surface area contributed by atoms with Gasteiger partial charge in [0, 0.05) is 0 Å². The van der Waals surface area contributed by atoms with Crippen LogP contribution in [0.25, 0.3) is 0 Å². The zero-order chi connectivity index (χ0) is 9.00. The Morgan fingerprint density at radius 1 is 0.400 bits per heavy atom. The lowest BCUT2D eigenvalue weighted by Crippen LogP contribution is -1.99. The number of nitrogens with zero attached hydrogens (tertiary/aromatic N) is 2. The first-order valence-electron chi connectivity index (χ1n) is 1.35. The fourth-order valence-electron chi connectivity index (χ4n) is 0. The fraction of sp³-hybridized carbons (Fsp3) is 0. The van der Waals surface area contributed by atoms with E-state index in [-0.39, 0.29) is 0 Å². The average molecular weight is 180 g/mol. The smallest absolute Gasteiger partial charge is 0.140 e. The molecule has 0 aliphatic rings. The van der Waals surface area contributed by atoms with Crippen molar-refractivity contribution in [2.75, 3.05) is 0 Å². The molecule has 0 aromatic carbocycles. The first-order valence-corrected chi connectivity index (χ1v) is 1.35. The van der Waals surface area contributed by atoms with Gasteiger partial charge in [-0.1, -0.05) is 0 Å². The van der Waals surface area contributed by atoms with E-state index >= 15 is 0 Å². The molecule has 64 valence electrons. The van der Waals surface area contributed by atoms with Gasteiger partial charge in [-0.3, -0.25) is 0 Å². The normalized spacial score (nSPS) is 12.0. The highest BCUT2D eigenvalue weighted by Gasteiger charge is 2.30. The van der Waals surface area contributed by atoms with Crippen LogP contribution < -0.4 is 0 Å². The molecule has 0 unspecified atom stereocenters. The lowest BCUT2D eigenvalue weighted by atomic mass is 13.3. The summed E-state index contributed by atoms with van der Waals surface area (Å²) in [7, 11) is 0. The zero-order valence-corrected chi connectivity index (χ0v) is 3.92. The third-order valence-corrected chi connectivity index (χ3v) is 0. The van der Waals surface area contributed by atoms with Crippen LogP contribution in [0.5, 0.6) is 0 Å². The van der Waals surface area contributed by atoms with Crippen molar-refractivity contribution in [3.8, 4) is 0 Å². The second kappa shape index (κ2) is 3.51. The molecule has 0 bridgehead atoms. The number of quaternary nitrogens is 2. The molecule has 0 N–H and O–H groups in total. The summed E-state index contributed by atoms with van der Waals surface area (Å²) in [5.41, 5.74) is 0. The summed E-state index contributed by atoms with van der Waals surface area (Å²) in [6.07, 6.45) is 0. The lowest BCUT2D eigenvalue weighted by molar-refractivity contribution is -1.36.